The molecule has 2 N–H and O–H groups in total. The van der Waals surface area contributed by atoms with Gasteiger partial charge in [0.15, 0.2) is 0 Å². The SMILES string of the molecule is CC(NCc1cnc[nH]1)c1ccc2ccccc2c1. The second-order valence-corrected chi connectivity index (χ2v) is 4.79. The van der Waals surface area contributed by atoms with E-state index in [1.54, 1.807) is 6.33 Å². The van der Waals surface area contributed by atoms with Gasteiger partial charge in [-0.15, -0.1) is 0 Å². The number of hydrogen-bond donors (Lipinski definition) is 2. The van der Waals surface area contributed by atoms with E-state index in [0.29, 0.717) is 6.04 Å². The summed E-state index contributed by atoms with van der Waals surface area (Å²) in [5.41, 5.74) is 2.41. The van der Waals surface area contributed by atoms with E-state index in [0.717, 1.165) is 12.2 Å². The summed E-state index contributed by atoms with van der Waals surface area (Å²) in [6, 6.07) is 15.4. The zero-order chi connectivity index (χ0) is 13.1. The molecule has 1 unspecified atom stereocenters. The van der Waals surface area contributed by atoms with Crippen LogP contribution in [0.4, 0.5) is 0 Å². The van der Waals surface area contributed by atoms with Gasteiger partial charge in [-0.2, -0.15) is 0 Å². The van der Waals surface area contributed by atoms with Gasteiger partial charge in [-0.3, -0.25) is 0 Å². The first-order chi connectivity index (χ1) is 9.33. The third kappa shape index (κ3) is 2.66. The summed E-state index contributed by atoms with van der Waals surface area (Å²) in [5, 5.41) is 6.07. The molecular formula is C16H17N3. The van der Waals surface area contributed by atoms with Crippen molar-refractivity contribution >= 4 is 10.8 Å². The lowest BCUT2D eigenvalue weighted by molar-refractivity contribution is 0.569. The smallest absolute Gasteiger partial charge is 0.0922 e. The summed E-state index contributed by atoms with van der Waals surface area (Å²) in [7, 11) is 0. The number of hydrogen-bond acceptors (Lipinski definition) is 2. The summed E-state index contributed by atoms with van der Waals surface area (Å²) < 4.78 is 0. The van der Waals surface area contributed by atoms with Crippen molar-refractivity contribution in [1.29, 1.82) is 0 Å². The van der Waals surface area contributed by atoms with Gasteiger partial charge in [0, 0.05) is 24.5 Å². The van der Waals surface area contributed by atoms with Crippen LogP contribution in [0, 0.1) is 0 Å². The van der Waals surface area contributed by atoms with Crippen molar-refractivity contribution in [2.45, 2.75) is 19.5 Å². The highest BCUT2D eigenvalue weighted by atomic mass is 14.9. The maximum absolute atomic E-state index is 4.02. The van der Waals surface area contributed by atoms with Crippen LogP contribution in [-0.4, -0.2) is 9.97 Å². The summed E-state index contributed by atoms with van der Waals surface area (Å²) in [6.07, 6.45) is 3.55. The summed E-state index contributed by atoms with van der Waals surface area (Å²) >= 11 is 0. The molecule has 0 spiro atoms. The molecule has 96 valence electrons. The van der Waals surface area contributed by atoms with E-state index in [1.807, 2.05) is 6.20 Å². The largest absolute Gasteiger partial charge is 0.347 e. The fraction of sp³-hybridized carbons (Fsp3) is 0.188. The number of nitrogens with one attached hydrogen (secondary N) is 2. The van der Waals surface area contributed by atoms with Gasteiger partial charge < -0.3 is 10.3 Å². The van der Waals surface area contributed by atoms with E-state index in [1.165, 1.54) is 16.3 Å². The molecule has 3 nitrogen and oxygen atoms in total. The molecule has 0 saturated carbocycles. The second kappa shape index (κ2) is 5.24. The predicted molar refractivity (Wildman–Crippen MR) is 77.8 cm³/mol. The lowest BCUT2D eigenvalue weighted by atomic mass is 10.0. The van der Waals surface area contributed by atoms with Crippen molar-refractivity contribution in [3.8, 4) is 0 Å². The maximum atomic E-state index is 4.02. The lowest BCUT2D eigenvalue weighted by Gasteiger charge is -2.14. The van der Waals surface area contributed by atoms with E-state index >= 15 is 0 Å². The standard InChI is InChI=1S/C16H17N3/c1-12(18-10-16-9-17-11-19-16)14-7-6-13-4-2-3-5-15(13)8-14/h2-9,11-12,18H,10H2,1H3,(H,17,19). The van der Waals surface area contributed by atoms with E-state index < -0.39 is 0 Å². The van der Waals surface area contributed by atoms with Crippen LogP contribution in [0.5, 0.6) is 0 Å². The molecule has 0 amide bonds. The number of H-pyrrole nitrogens is 1. The molecule has 3 aromatic rings. The van der Waals surface area contributed by atoms with E-state index in [4.69, 9.17) is 0 Å². The molecule has 0 fully saturated rings. The fourth-order valence-electron chi connectivity index (χ4n) is 2.24. The molecule has 1 aromatic heterocycles. The Morgan fingerprint density at radius 1 is 1.16 bits per heavy atom. The topological polar surface area (TPSA) is 40.7 Å². The van der Waals surface area contributed by atoms with Crippen molar-refractivity contribution in [2.24, 2.45) is 0 Å². The average molecular weight is 251 g/mol. The van der Waals surface area contributed by atoms with E-state index in [2.05, 4.69) is 64.7 Å². The van der Waals surface area contributed by atoms with Crippen molar-refractivity contribution in [1.82, 2.24) is 15.3 Å². The molecule has 0 radical (unpaired) electrons. The first-order valence-electron chi connectivity index (χ1n) is 6.52. The summed E-state index contributed by atoms with van der Waals surface area (Å²) in [6.45, 7) is 2.98. The van der Waals surface area contributed by atoms with Gasteiger partial charge in [0.2, 0.25) is 0 Å². The van der Waals surface area contributed by atoms with Crippen LogP contribution in [0.15, 0.2) is 55.0 Å². The van der Waals surface area contributed by atoms with Crippen LogP contribution < -0.4 is 5.32 Å². The predicted octanol–water partition coefficient (Wildman–Crippen LogP) is 3.41. The zero-order valence-corrected chi connectivity index (χ0v) is 10.9. The molecule has 3 rings (SSSR count). The summed E-state index contributed by atoms with van der Waals surface area (Å²) in [5.74, 6) is 0. The maximum Gasteiger partial charge on any atom is 0.0922 e. The van der Waals surface area contributed by atoms with Crippen LogP contribution >= 0.6 is 0 Å². The minimum atomic E-state index is 0.313. The molecule has 0 saturated heterocycles. The Hall–Kier alpha value is -2.13. The van der Waals surface area contributed by atoms with Crippen LogP contribution in [0.2, 0.25) is 0 Å². The molecule has 0 aliphatic rings. The minimum Gasteiger partial charge on any atom is -0.347 e. The quantitative estimate of drug-likeness (QED) is 0.746. The number of rotatable bonds is 4. The van der Waals surface area contributed by atoms with E-state index in [-0.39, 0.29) is 0 Å². The van der Waals surface area contributed by atoms with Gasteiger partial charge >= 0.3 is 0 Å². The molecule has 19 heavy (non-hydrogen) atoms. The van der Waals surface area contributed by atoms with Crippen LogP contribution in [0.3, 0.4) is 0 Å². The molecule has 1 heterocycles. The monoisotopic (exact) mass is 251 g/mol. The molecule has 0 aliphatic heterocycles. The van der Waals surface area contributed by atoms with Gasteiger partial charge in [-0.1, -0.05) is 36.4 Å². The number of fused-ring (bicyclic) bond motifs is 1. The molecule has 0 bridgehead atoms. The van der Waals surface area contributed by atoms with Crippen LogP contribution in [-0.2, 0) is 6.54 Å². The molecule has 2 aromatic carbocycles. The van der Waals surface area contributed by atoms with Gasteiger partial charge in [0.1, 0.15) is 0 Å². The normalized spacial score (nSPS) is 12.7. The van der Waals surface area contributed by atoms with Gasteiger partial charge in [-0.25, -0.2) is 4.98 Å². The Labute approximate surface area is 112 Å². The Bertz CT molecular complexity index is 659. The van der Waals surface area contributed by atoms with E-state index in [9.17, 15) is 0 Å². The number of aromatic amines is 1. The lowest BCUT2D eigenvalue weighted by Crippen LogP contribution is -2.18. The Balaban J connectivity index is 1.75. The highest BCUT2D eigenvalue weighted by Crippen LogP contribution is 2.20. The average Bonchev–Trinajstić information content (AvgIpc) is 2.97. The fourth-order valence-corrected chi connectivity index (χ4v) is 2.24. The number of benzene rings is 2. The molecule has 1 atom stereocenters. The van der Waals surface area contributed by atoms with Crippen molar-refractivity contribution < 1.29 is 0 Å². The number of imidazole rings is 1. The Morgan fingerprint density at radius 3 is 2.79 bits per heavy atom. The minimum absolute atomic E-state index is 0.313. The molecular weight excluding hydrogens is 234 g/mol. The van der Waals surface area contributed by atoms with Crippen molar-refractivity contribution in [3.63, 3.8) is 0 Å². The van der Waals surface area contributed by atoms with Gasteiger partial charge in [0.25, 0.3) is 0 Å². The van der Waals surface area contributed by atoms with Crippen LogP contribution in [0.1, 0.15) is 24.2 Å². The second-order valence-electron chi connectivity index (χ2n) is 4.79. The molecule has 3 heteroatoms. The first-order valence-corrected chi connectivity index (χ1v) is 6.52. The third-order valence-electron chi connectivity index (χ3n) is 3.43. The third-order valence-corrected chi connectivity index (χ3v) is 3.43. The van der Waals surface area contributed by atoms with Gasteiger partial charge in [-0.05, 0) is 29.3 Å². The van der Waals surface area contributed by atoms with Crippen molar-refractivity contribution in [2.75, 3.05) is 0 Å². The van der Waals surface area contributed by atoms with Crippen LogP contribution in [0.25, 0.3) is 10.8 Å². The van der Waals surface area contributed by atoms with Crippen molar-refractivity contribution in [3.05, 3.63) is 66.2 Å². The molecule has 0 aliphatic carbocycles. The zero-order valence-electron chi connectivity index (χ0n) is 10.9. The number of nitrogens with zero attached hydrogens (tertiary/aromatic N) is 1. The highest BCUT2D eigenvalue weighted by Gasteiger charge is 2.06. The summed E-state index contributed by atoms with van der Waals surface area (Å²) in [4.78, 5) is 7.12. The number of aromatic nitrogens is 2. The highest BCUT2D eigenvalue weighted by molar-refractivity contribution is 5.83. The Kier molecular flexibility index (Phi) is 3.29. The van der Waals surface area contributed by atoms with Gasteiger partial charge in [0.05, 0.1) is 6.33 Å². The first kappa shape index (κ1) is 11.9. The Morgan fingerprint density at radius 2 is 2.00 bits per heavy atom.